The molecule has 0 unspecified atom stereocenters. The normalized spacial score (nSPS) is 11.9. The number of nitrogen functional groups attached to an aromatic ring is 1. The van der Waals surface area contributed by atoms with Crippen molar-refractivity contribution in [2.45, 2.75) is 12.8 Å². The highest BCUT2D eigenvalue weighted by Gasteiger charge is 2.34. The van der Waals surface area contributed by atoms with Crippen LogP contribution in [0, 0.1) is 0 Å². The second-order valence-corrected chi connectivity index (χ2v) is 3.40. The van der Waals surface area contributed by atoms with E-state index in [-0.39, 0.29) is 4.60 Å². The van der Waals surface area contributed by atoms with E-state index in [1.54, 1.807) is 0 Å². The summed E-state index contributed by atoms with van der Waals surface area (Å²) in [6.07, 6.45) is -8.28. The lowest BCUT2D eigenvalue weighted by atomic mass is 10.2. The van der Waals surface area contributed by atoms with Gasteiger partial charge in [0.1, 0.15) is 21.7 Å². The quantitative estimate of drug-likeness (QED) is 0.674. The third-order valence-corrected chi connectivity index (χ3v) is 1.87. The van der Waals surface area contributed by atoms with Crippen LogP contribution in [0.15, 0.2) is 10.7 Å². The Kier molecular flexibility index (Phi) is 3.56. The van der Waals surface area contributed by atoms with Crippen molar-refractivity contribution in [2.75, 3.05) is 5.73 Å². The van der Waals surface area contributed by atoms with Crippen molar-refractivity contribution >= 4 is 21.7 Å². The zero-order chi connectivity index (χ0) is 12.5. The molecule has 0 aromatic carbocycles. The van der Waals surface area contributed by atoms with Gasteiger partial charge in [0, 0.05) is 6.07 Å². The fourth-order valence-electron chi connectivity index (χ4n) is 0.948. The van der Waals surface area contributed by atoms with Gasteiger partial charge < -0.3 is 10.5 Å². The number of nitrogens with zero attached hydrogens (tertiary/aromatic N) is 1. The molecule has 0 bridgehead atoms. The number of nitrogens with two attached hydrogens (primary N) is 1. The minimum Gasteiger partial charge on any atom is -0.405 e. The molecular weight excluding hydrogens is 303 g/mol. The fraction of sp³-hybridized carbons (Fsp3) is 0.286. The average molecular weight is 307 g/mol. The lowest BCUT2D eigenvalue weighted by Gasteiger charge is -2.14. The van der Waals surface area contributed by atoms with E-state index >= 15 is 0 Å². The van der Waals surface area contributed by atoms with Crippen molar-refractivity contribution in [2.24, 2.45) is 0 Å². The number of hydrogen-bond donors (Lipinski definition) is 1. The van der Waals surface area contributed by atoms with Gasteiger partial charge >= 0.3 is 6.36 Å². The zero-order valence-electron chi connectivity index (χ0n) is 7.36. The molecule has 0 amide bonds. The first-order valence-electron chi connectivity index (χ1n) is 3.70. The Morgan fingerprint density at radius 1 is 1.38 bits per heavy atom. The minimum atomic E-state index is -5.07. The maximum atomic E-state index is 12.4. The van der Waals surface area contributed by atoms with Crippen LogP contribution in [0.2, 0.25) is 0 Å². The van der Waals surface area contributed by atoms with E-state index in [0.29, 0.717) is 6.07 Å². The van der Waals surface area contributed by atoms with Crippen molar-refractivity contribution in [1.82, 2.24) is 4.98 Å². The molecule has 16 heavy (non-hydrogen) atoms. The van der Waals surface area contributed by atoms with Gasteiger partial charge in [-0.15, -0.1) is 13.2 Å². The molecular formula is C7H4BrF5N2O. The Morgan fingerprint density at radius 3 is 2.38 bits per heavy atom. The molecule has 0 saturated carbocycles. The number of pyridine rings is 1. The summed E-state index contributed by atoms with van der Waals surface area (Å²) in [7, 11) is 0. The molecule has 0 saturated heterocycles. The van der Waals surface area contributed by atoms with Crippen LogP contribution in [0.1, 0.15) is 12.0 Å². The van der Waals surface area contributed by atoms with Gasteiger partial charge in [-0.2, -0.15) is 0 Å². The summed E-state index contributed by atoms with van der Waals surface area (Å²) in [5, 5.41) is 0. The summed E-state index contributed by atoms with van der Waals surface area (Å²) in [6, 6.07) is 0.672. The second-order valence-electron chi connectivity index (χ2n) is 2.59. The van der Waals surface area contributed by atoms with Gasteiger partial charge in [-0.05, 0) is 15.9 Å². The highest BCUT2D eigenvalue weighted by atomic mass is 79.9. The largest absolute Gasteiger partial charge is 0.573 e. The van der Waals surface area contributed by atoms with Crippen LogP contribution >= 0.6 is 15.9 Å². The van der Waals surface area contributed by atoms with Crippen molar-refractivity contribution < 1.29 is 26.7 Å². The fourth-order valence-corrected chi connectivity index (χ4v) is 1.35. The van der Waals surface area contributed by atoms with Gasteiger partial charge in [-0.25, -0.2) is 13.8 Å². The SMILES string of the molecule is Nc1nc(Br)cc(OC(F)(F)F)c1C(F)F. The number of hydrogen-bond acceptors (Lipinski definition) is 3. The standard InChI is InChI=1S/C7H4BrF5N2O/c8-3-1-2(16-7(11,12)13)4(5(9)10)6(14)15-3/h1,5H,(H2,14,15). The van der Waals surface area contributed by atoms with Gasteiger partial charge in [0.25, 0.3) is 6.43 Å². The predicted octanol–water partition coefficient (Wildman–Crippen LogP) is 3.26. The van der Waals surface area contributed by atoms with Crippen molar-refractivity contribution in [3.63, 3.8) is 0 Å². The Hall–Kier alpha value is -1.12. The number of halogens is 6. The van der Waals surface area contributed by atoms with Gasteiger partial charge in [-0.3, -0.25) is 0 Å². The Morgan fingerprint density at radius 2 is 1.94 bits per heavy atom. The molecule has 1 rings (SSSR count). The lowest BCUT2D eigenvalue weighted by Crippen LogP contribution is -2.19. The van der Waals surface area contributed by atoms with E-state index in [9.17, 15) is 22.0 Å². The summed E-state index contributed by atoms with van der Waals surface area (Å²) in [5.41, 5.74) is 3.99. The molecule has 0 atom stereocenters. The summed E-state index contributed by atoms with van der Waals surface area (Å²) in [4.78, 5) is 3.35. The van der Waals surface area contributed by atoms with Crippen LogP contribution in [-0.4, -0.2) is 11.3 Å². The first-order chi connectivity index (χ1) is 7.20. The Balaban J connectivity index is 3.24. The molecule has 0 aliphatic carbocycles. The van der Waals surface area contributed by atoms with E-state index in [1.165, 1.54) is 0 Å². The van der Waals surface area contributed by atoms with E-state index in [1.807, 2.05) is 0 Å². The predicted molar refractivity (Wildman–Crippen MR) is 48.0 cm³/mol. The molecule has 2 N–H and O–H groups in total. The number of ether oxygens (including phenoxy) is 1. The summed E-state index contributed by atoms with van der Waals surface area (Å²) in [5.74, 6) is -1.79. The van der Waals surface area contributed by atoms with Crippen LogP contribution < -0.4 is 10.5 Å². The third-order valence-electron chi connectivity index (χ3n) is 1.46. The maximum absolute atomic E-state index is 12.4. The first-order valence-corrected chi connectivity index (χ1v) is 4.50. The Labute approximate surface area is 94.5 Å². The highest BCUT2D eigenvalue weighted by molar-refractivity contribution is 9.10. The Bertz CT molecular complexity index is 395. The topological polar surface area (TPSA) is 48.1 Å². The monoisotopic (exact) mass is 306 g/mol. The van der Waals surface area contributed by atoms with E-state index in [2.05, 4.69) is 25.7 Å². The van der Waals surface area contributed by atoms with Crippen LogP contribution in [-0.2, 0) is 0 Å². The minimum absolute atomic E-state index is 0.131. The van der Waals surface area contributed by atoms with Crippen molar-refractivity contribution in [3.05, 3.63) is 16.2 Å². The summed E-state index contributed by atoms with van der Waals surface area (Å²) >= 11 is 2.72. The average Bonchev–Trinajstić information content (AvgIpc) is 1.96. The molecule has 0 fully saturated rings. The van der Waals surface area contributed by atoms with Crippen LogP contribution in [0.5, 0.6) is 5.75 Å². The third kappa shape index (κ3) is 3.19. The summed E-state index contributed by atoms with van der Waals surface area (Å²) < 4.78 is 63.8. The van der Waals surface area contributed by atoms with Gasteiger partial charge in [-0.1, -0.05) is 0 Å². The number of alkyl halides is 5. The van der Waals surface area contributed by atoms with Crippen LogP contribution in [0.3, 0.4) is 0 Å². The number of aromatic nitrogens is 1. The second kappa shape index (κ2) is 4.40. The molecule has 0 aliphatic rings. The van der Waals surface area contributed by atoms with E-state index in [4.69, 9.17) is 5.73 Å². The van der Waals surface area contributed by atoms with E-state index < -0.39 is 29.9 Å². The van der Waals surface area contributed by atoms with Gasteiger partial charge in [0.05, 0.1) is 0 Å². The number of rotatable bonds is 2. The van der Waals surface area contributed by atoms with Crippen LogP contribution in [0.25, 0.3) is 0 Å². The molecule has 9 heteroatoms. The molecule has 3 nitrogen and oxygen atoms in total. The molecule has 1 aromatic heterocycles. The highest BCUT2D eigenvalue weighted by Crippen LogP contribution is 2.37. The molecule has 90 valence electrons. The number of anilines is 1. The zero-order valence-corrected chi connectivity index (χ0v) is 8.94. The van der Waals surface area contributed by atoms with Crippen LogP contribution in [0.4, 0.5) is 27.8 Å². The first kappa shape index (κ1) is 12.9. The smallest absolute Gasteiger partial charge is 0.405 e. The van der Waals surface area contributed by atoms with Gasteiger partial charge in [0.15, 0.2) is 0 Å². The summed E-state index contributed by atoms with van der Waals surface area (Å²) in [6.45, 7) is 0. The van der Waals surface area contributed by atoms with Crippen molar-refractivity contribution in [3.8, 4) is 5.75 Å². The molecule has 0 spiro atoms. The van der Waals surface area contributed by atoms with E-state index in [0.717, 1.165) is 0 Å². The molecule has 1 aromatic rings. The molecule has 0 radical (unpaired) electrons. The van der Waals surface area contributed by atoms with Gasteiger partial charge in [0.2, 0.25) is 0 Å². The maximum Gasteiger partial charge on any atom is 0.573 e. The molecule has 0 aliphatic heterocycles. The lowest BCUT2D eigenvalue weighted by molar-refractivity contribution is -0.275. The molecule has 1 heterocycles. The van der Waals surface area contributed by atoms with Crippen molar-refractivity contribution in [1.29, 1.82) is 0 Å².